The molecule has 0 aromatic carbocycles. The summed E-state index contributed by atoms with van der Waals surface area (Å²) in [5.41, 5.74) is 3.36. The largest absolute Gasteiger partial charge is 0.154 e. The molecule has 112 valence electrons. The van der Waals surface area contributed by atoms with Crippen molar-refractivity contribution in [3.8, 4) is 0 Å². The van der Waals surface area contributed by atoms with E-state index in [1.54, 1.807) is 11.1 Å². The minimum absolute atomic E-state index is 0.837. The maximum absolute atomic E-state index is 2.43. The molecule has 1 aliphatic carbocycles. The summed E-state index contributed by atoms with van der Waals surface area (Å²) in [5.74, 6) is 2.31. The van der Waals surface area contributed by atoms with Gasteiger partial charge >= 0.3 is 0 Å². The van der Waals surface area contributed by atoms with Crippen molar-refractivity contribution in [3.63, 3.8) is 0 Å². The molecule has 0 heterocycles. The highest BCUT2D eigenvalue weighted by atomic mass is 32.2. The highest BCUT2D eigenvalue weighted by molar-refractivity contribution is 8.00. The summed E-state index contributed by atoms with van der Waals surface area (Å²) < 4.78 is 0. The molecular formula is C18H34S. The first-order valence-electron chi connectivity index (χ1n) is 8.43. The van der Waals surface area contributed by atoms with Gasteiger partial charge in [0.1, 0.15) is 0 Å². The van der Waals surface area contributed by atoms with Crippen LogP contribution in [-0.2, 0) is 0 Å². The van der Waals surface area contributed by atoms with Gasteiger partial charge in [0.25, 0.3) is 0 Å². The van der Waals surface area contributed by atoms with E-state index < -0.39 is 0 Å². The number of allylic oxidation sites excluding steroid dienone is 1. The molecule has 0 aromatic heterocycles. The van der Waals surface area contributed by atoms with Crippen molar-refractivity contribution in [3.05, 3.63) is 11.1 Å². The molecule has 0 nitrogen and oxygen atoms in total. The smallest absolute Gasteiger partial charge is 0.0261 e. The van der Waals surface area contributed by atoms with E-state index in [4.69, 9.17) is 0 Å². The topological polar surface area (TPSA) is 0 Å². The van der Waals surface area contributed by atoms with Crippen LogP contribution in [0, 0.1) is 5.92 Å². The first-order chi connectivity index (χ1) is 9.15. The summed E-state index contributed by atoms with van der Waals surface area (Å²) in [5, 5.41) is 0.837. The van der Waals surface area contributed by atoms with Gasteiger partial charge in [-0.05, 0) is 51.2 Å². The normalized spacial score (nSPS) is 23.7. The molecule has 19 heavy (non-hydrogen) atoms. The van der Waals surface area contributed by atoms with E-state index in [-0.39, 0.29) is 0 Å². The number of hydrogen-bond donors (Lipinski definition) is 0. The van der Waals surface area contributed by atoms with Gasteiger partial charge in [-0.15, -0.1) is 0 Å². The molecule has 2 atom stereocenters. The molecule has 1 heteroatoms. The lowest BCUT2D eigenvalue weighted by Crippen LogP contribution is -2.19. The standard InChI is InChI=1S/C18H34S/c1-5-6-7-8-9-10-13-19-18-14-16(4)11-12-17(18)15(2)3/h16,18H,5-14H2,1-4H3. The molecule has 0 spiro atoms. The molecule has 1 rings (SSSR count). The third kappa shape index (κ3) is 6.88. The fourth-order valence-corrected chi connectivity index (χ4v) is 4.71. The maximum atomic E-state index is 2.43. The molecule has 0 bridgehead atoms. The predicted octanol–water partition coefficient (Wildman–Crippen LogP) is 6.61. The minimum atomic E-state index is 0.837. The predicted molar refractivity (Wildman–Crippen MR) is 91.0 cm³/mol. The molecule has 1 fully saturated rings. The maximum Gasteiger partial charge on any atom is 0.0261 e. The first kappa shape index (κ1) is 17.1. The van der Waals surface area contributed by atoms with Crippen LogP contribution in [-0.4, -0.2) is 11.0 Å². The second kappa shape index (κ2) is 9.91. The van der Waals surface area contributed by atoms with Crippen LogP contribution in [0.15, 0.2) is 11.1 Å². The molecule has 0 N–H and O–H groups in total. The van der Waals surface area contributed by atoms with Gasteiger partial charge in [-0.3, -0.25) is 0 Å². The lowest BCUT2D eigenvalue weighted by molar-refractivity contribution is 0.448. The van der Waals surface area contributed by atoms with Crippen LogP contribution in [0.1, 0.15) is 85.5 Å². The van der Waals surface area contributed by atoms with Crippen molar-refractivity contribution in [2.45, 2.75) is 90.7 Å². The summed E-state index contributed by atoms with van der Waals surface area (Å²) in [4.78, 5) is 0. The van der Waals surface area contributed by atoms with Crippen molar-refractivity contribution < 1.29 is 0 Å². The third-order valence-electron chi connectivity index (χ3n) is 4.37. The highest BCUT2D eigenvalue weighted by Gasteiger charge is 2.24. The Balaban J connectivity index is 2.20. The number of hydrogen-bond acceptors (Lipinski definition) is 1. The Morgan fingerprint density at radius 1 is 1.11 bits per heavy atom. The van der Waals surface area contributed by atoms with E-state index >= 15 is 0 Å². The molecule has 0 aromatic rings. The molecule has 1 saturated carbocycles. The van der Waals surface area contributed by atoms with Gasteiger partial charge in [-0.25, -0.2) is 0 Å². The van der Waals surface area contributed by atoms with Crippen LogP contribution in [0.5, 0.6) is 0 Å². The fourth-order valence-electron chi connectivity index (χ4n) is 3.04. The molecule has 0 amide bonds. The number of rotatable bonds is 8. The highest BCUT2D eigenvalue weighted by Crippen LogP contribution is 2.37. The summed E-state index contributed by atoms with van der Waals surface area (Å²) in [6.07, 6.45) is 12.7. The van der Waals surface area contributed by atoms with Gasteiger partial charge in [0.15, 0.2) is 0 Å². The van der Waals surface area contributed by atoms with Gasteiger partial charge in [0.2, 0.25) is 0 Å². The van der Waals surface area contributed by atoms with E-state index in [0.29, 0.717) is 0 Å². The second-order valence-corrected chi connectivity index (χ2v) is 7.84. The SMILES string of the molecule is CCCCCCCCSC1CC(C)CCC1=C(C)C. The summed E-state index contributed by atoms with van der Waals surface area (Å²) in [6.45, 7) is 9.34. The van der Waals surface area contributed by atoms with E-state index in [2.05, 4.69) is 39.5 Å². The van der Waals surface area contributed by atoms with Crippen LogP contribution >= 0.6 is 11.8 Å². The van der Waals surface area contributed by atoms with Crippen molar-refractivity contribution in [1.29, 1.82) is 0 Å². The molecular weight excluding hydrogens is 248 g/mol. The minimum Gasteiger partial charge on any atom is -0.154 e. The Labute approximate surface area is 125 Å². The van der Waals surface area contributed by atoms with Crippen molar-refractivity contribution >= 4 is 11.8 Å². The van der Waals surface area contributed by atoms with Gasteiger partial charge in [0.05, 0.1) is 0 Å². The Bertz CT molecular complexity index is 263. The Kier molecular flexibility index (Phi) is 8.94. The third-order valence-corrected chi connectivity index (χ3v) is 5.77. The van der Waals surface area contributed by atoms with Crippen molar-refractivity contribution in [2.24, 2.45) is 5.92 Å². The zero-order chi connectivity index (χ0) is 14.1. The van der Waals surface area contributed by atoms with Gasteiger partial charge in [0, 0.05) is 5.25 Å². The average Bonchev–Trinajstić information content (AvgIpc) is 2.37. The van der Waals surface area contributed by atoms with Crippen LogP contribution in [0.25, 0.3) is 0 Å². The van der Waals surface area contributed by atoms with Crippen LogP contribution < -0.4 is 0 Å². The van der Waals surface area contributed by atoms with Gasteiger partial charge in [-0.2, -0.15) is 11.8 Å². The van der Waals surface area contributed by atoms with E-state index in [0.717, 1.165) is 11.2 Å². The lowest BCUT2D eigenvalue weighted by atomic mass is 9.85. The zero-order valence-electron chi connectivity index (χ0n) is 13.6. The zero-order valence-corrected chi connectivity index (χ0v) is 14.5. The van der Waals surface area contributed by atoms with Crippen LogP contribution in [0.2, 0.25) is 0 Å². The van der Waals surface area contributed by atoms with E-state index in [9.17, 15) is 0 Å². The Hall–Kier alpha value is 0.0900. The van der Waals surface area contributed by atoms with Crippen LogP contribution in [0.3, 0.4) is 0 Å². The number of unbranched alkanes of at least 4 members (excludes halogenated alkanes) is 5. The van der Waals surface area contributed by atoms with E-state index in [1.807, 2.05) is 0 Å². The lowest BCUT2D eigenvalue weighted by Gasteiger charge is -2.30. The van der Waals surface area contributed by atoms with Crippen molar-refractivity contribution in [2.75, 3.05) is 5.75 Å². The van der Waals surface area contributed by atoms with Crippen LogP contribution in [0.4, 0.5) is 0 Å². The molecule has 0 radical (unpaired) electrons. The summed E-state index contributed by atoms with van der Waals surface area (Å²) in [7, 11) is 0. The summed E-state index contributed by atoms with van der Waals surface area (Å²) >= 11 is 2.24. The fraction of sp³-hybridized carbons (Fsp3) is 0.889. The molecule has 1 aliphatic rings. The first-order valence-corrected chi connectivity index (χ1v) is 9.47. The van der Waals surface area contributed by atoms with Gasteiger partial charge < -0.3 is 0 Å². The monoisotopic (exact) mass is 282 g/mol. The Morgan fingerprint density at radius 3 is 2.47 bits per heavy atom. The van der Waals surface area contributed by atoms with Crippen molar-refractivity contribution in [1.82, 2.24) is 0 Å². The van der Waals surface area contributed by atoms with Gasteiger partial charge in [-0.1, -0.05) is 57.1 Å². The molecule has 0 saturated heterocycles. The average molecular weight is 283 g/mol. The molecule has 2 unspecified atom stereocenters. The summed E-state index contributed by atoms with van der Waals surface area (Å²) in [6, 6.07) is 0. The quantitative estimate of drug-likeness (QED) is 0.357. The Morgan fingerprint density at radius 2 is 1.79 bits per heavy atom. The second-order valence-electron chi connectivity index (χ2n) is 6.53. The molecule has 0 aliphatic heterocycles. The number of thioether (sulfide) groups is 1. The van der Waals surface area contributed by atoms with E-state index in [1.165, 1.54) is 63.5 Å².